The van der Waals surface area contributed by atoms with Gasteiger partial charge in [0.15, 0.2) is 5.36 Å². The fraction of sp³-hybridized carbons (Fsp3) is 0.0638. The van der Waals surface area contributed by atoms with Gasteiger partial charge < -0.3 is 9.47 Å². The van der Waals surface area contributed by atoms with Crippen LogP contribution in [0.2, 0.25) is 0 Å². The molecule has 59 heavy (non-hydrogen) atoms. The highest BCUT2D eigenvalue weighted by atomic mass is 32.1. The van der Waals surface area contributed by atoms with Gasteiger partial charge in [-0.3, -0.25) is 28.8 Å². The summed E-state index contributed by atoms with van der Waals surface area (Å²) in [5, 5.41) is 0.516. The number of esters is 2. The molecule has 0 amide bonds. The quantitative estimate of drug-likeness (QED) is 0.0491. The number of allylic oxidation sites excluding steroid dienone is 1. The molecule has 2 aliphatic carbocycles. The second-order valence-corrected chi connectivity index (χ2v) is 17.0. The van der Waals surface area contributed by atoms with Crippen LogP contribution in [-0.2, 0) is 37.7 Å². The predicted molar refractivity (Wildman–Crippen MR) is 227 cm³/mol. The maximum Gasteiger partial charge on any atom is 0.333 e. The number of rotatable bonds is 8. The Bertz CT molecular complexity index is 3200. The lowest BCUT2D eigenvalue weighted by molar-refractivity contribution is -0.164. The van der Waals surface area contributed by atoms with Gasteiger partial charge in [-0.2, -0.15) is 0 Å². The van der Waals surface area contributed by atoms with Crippen molar-refractivity contribution >= 4 is 88.8 Å². The Morgan fingerprint density at radius 3 is 1.76 bits per heavy atom. The molecule has 0 atom stereocenters. The van der Waals surface area contributed by atoms with Gasteiger partial charge in [-0.1, -0.05) is 109 Å². The molecule has 0 saturated carbocycles. The average molecular weight is 828 g/mol. The van der Waals surface area contributed by atoms with Crippen LogP contribution in [0.1, 0.15) is 47.8 Å². The van der Waals surface area contributed by atoms with Crippen molar-refractivity contribution in [2.24, 2.45) is 4.99 Å². The summed E-state index contributed by atoms with van der Waals surface area (Å²) in [6.07, 6.45) is 1.57. The van der Waals surface area contributed by atoms with Gasteiger partial charge >= 0.3 is 11.9 Å². The van der Waals surface area contributed by atoms with Crippen LogP contribution in [0.5, 0.6) is 0 Å². The van der Waals surface area contributed by atoms with E-state index in [1.165, 1.54) is 22.7 Å². The molecule has 5 aromatic carbocycles. The maximum absolute atomic E-state index is 15.0. The van der Waals surface area contributed by atoms with E-state index in [4.69, 9.17) is 9.47 Å². The Kier molecular flexibility index (Phi) is 8.73. The van der Waals surface area contributed by atoms with E-state index in [-0.39, 0.29) is 45.5 Å². The topological polar surface area (TPSA) is 133 Å². The minimum absolute atomic E-state index is 0.0739. The molecule has 0 fully saturated rings. The van der Waals surface area contributed by atoms with Crippen molar-refractivity contribution in [1.29, 1.82) is 0 Å². The highest BCUT2D eigenvalue weighted by Crippen LogP contribution is 2.61. The van der Waals surface area contributed by atoms with E-state index in [2.05, 4.69) is 10.7 Å². The summed E-state index contributed by atoms with van der Waals surface area (Å²) in [6.45, 7) is -0.273. The van der Waals surface area contributed by atoms with Crippen molar-refractivity contribution in [3.8, 4) is 9.75 Å². The molecule has 284 valence electrons. The summed E-state index contributed by atoms with van der Waals surface area (Å²) in [4.78, 5) is 89.3. The van der Waals surface area contributed by atoms with Gasteiger partial charge in [0.25, 0.3) is 0 Å². The number of carbonyl (C=O) groups is 4. The van der Waals surface area contributed by atoms with E-state index >= 15 is 9.59 Å². The molecule has 3 heterocycles. The van der Waals surface area contributed by atoms with Crippen LogP contribution >= 0.6 is 34.0 Å². The van der Waals surface area contributed by atoms with Crippen LogP contribution in [0.15, 0.2) is 147 Å². The molecular weight excluding hydrogens is 803 g/mol. The van der Waals surface area contributed by atoms with E-state index in [0.29, 0.717) is 47.1 Å². The lowest BCUT2D eigenvalue weighted by Crippen LogP contribution is -2.45. The zero-order chi connectivity index (χ0) is 40.4. The zero-order valence-corrected chi connectivity index (χ0v) is 32.9. The first-order valence-electron chi connectivity index (χ1n) is 18.3. The molecule has 2 aliphatic rings. The lowest BCUT2D eigenvalue weighted by atomic mass is 9.79. The van der Waals surface area contributed by atoms with Gasteiger partial charge in [-0.15, -0.1) is 39.7 Å². The normalized spacial score (nSPS) is 13.6. The fourth-order valence-corrected chi connectivity index (χ4v) is 11.5. The Balaban J connectivity index is 1.16. The standard InChI is InChI=1S/C47H25NO8S3/c49-38-28-15-7-8-16-29(28)39(50)32(38)20-19-27-21-34-43(57-27)36-44(58-34)42-33(22-35(59-42)48-37-40(51)30-17-9-10-18-31(30)41(37)52)47(36,45(53)55-23-25-11-3-1-4-12-25)46(54)56-24-26-13-5-2-6-14-26/h1-19,21-22H,23-24H2. The Morgan fingerprint density at radius 2 is 1.19 bits per heavy atom. The molecule has 10 rings (SSSR count). The smallest absolute Gasteiger partial charge is 0.333 e. The summed E-state index contributed by atoms with van der Waals surface area (Å²) in [6, 6.07) is 34.7. The minimum atomic E-state index is -2.14. The first kappa shape index (κ1) is 36.4. The third kappa shape index (κ3) is 5.76. The van der Waals surface area contributed by atoms with E-state index < -0.39 is 39.8 Å². The molecule has 0 aliphatic heterocycles. The SMILES string of the molecule is O=C1C(=C=Cc2cc3sc4c(c3s2)C(C(=O)OCc2ccccc2)(C(=O)OCc2ccccc2)c2cc(N=c3c(=O)c5ccccc5c3=O)sc2-4)C(=O)c2ccccc21. The molecule has 0 bridgehead atoms. The first-order chi connectivity index (χ1) is 28.7. The summed E-state index contributed by atoms with van der Waals surface area (Å²) < 4.78 is 13.4. The largest absolute Gasteiger partial charge is 0.459 e. The summed E-state index contributed by atoms with van der Waals surface area (Å²) in [5.41, 5.74) is 2.41. The second kappa shape index (κ2) is 14.2. The molecule has 8 aromatic rings. The Hall–Kier alpha value is -6.95. The van der Waals surface area contributed by atoms with E-state index in [0.717, 1.165) is 16.0 Å². The van der Waals surface area contributed by atoms with Crippen molar-refractivity contribution in [2.45, 2.75) is 18.6 Å². The zero-order valence-electron chi connectivity index (χ0n) is 30.5. The highest BCUT2D eigenvalue weighted by molar-refractivity contribution is 7.32. The van der Waals surface area contributed by atoms with Crippen molar-refractivity contribution < 1.29 is 28.7 Å². The molecule has 0 radical (unpaired) electrons. The minimum Gasteiger partial charge on any atom is -0.459 e. The third-order valence-electron chi connectivity index (χ3n) is 10.4. The van der Waals surface area contributed by atoms with Crippen LogP contribution in [0.4, 0.5) is 5.00 Å². The molecule has 0 unspecified atom stereocenters. The number of benzene rings is 4. The molecular formula is C47H25NO8S3. The van der Waals surface area contributed by atoms with Crippen molar-refractivity contribution in [3.63, 3.8) is 0 Å². The first-order valence-corrected chi connectivity index (χ1v) is 20.7. The maximum atomic E-state index is 15.0. The molecule has 0 saturated heterocycles. The number of Topliss-reactive ketones (excluding diaryl/α,β-unsaturated/α-hetero) is 2. The average Bonchev–Trinajstić information content (AvgIpc) is 4.09. The number of hydrogen-bond acceptors (Lipinski definition) is 12. The number of thiophene rings is 3. The van der Waals surface area contributed by atoms with Gasteiger partial charge in [0.1, 0.15) is 23.8 Å². The van der Waals surface area contributed by atoms with Crippen molar-refractivity contribution in [2.75, 3.05) is 0 Å². The van der Waals surface area contributed by atoms with Crippen LogP contribution < -0.4 is 16.2 Å². The van der Waals surface area contributed by atoms with Crippen LogP contribution in [0.3, 0.4) is 0 Å². The summed E-state index contributed by atoms with van der Waals surface area (Å²) >= 11 is 3.77. The van der Waals surface area contributed by atoms with Crippen LogP contribution in [0, 0.1) is 0 Å². The van der Waals surface area contributed by atoms with Gasteiger partial charge in [-0.05, 0) is 29.3 Å². The molecule has 9 nitrogen and oxygen atoms in total. The second-order valence-electron chi connectivity index (χ2n) is 13.9. The number of ether oxygens (including phenoxy) is 2. The summed E-state index contributed by atoms with van der Waals surface area (Å²) in [5.74, 6) is -2.56. The van der Waals surface area contributed by atoms with Gasteiger partial charge in [0.05, 0.1) is 14.5 Å². The monoisotopic (exact) mass is 827 g/mol. The number of fused-ring (bicyclic) bond motifs is 7. The van der Waals surface area contributed by atoms with E-state index in [1.807, 2.05) is 42.5 Å². The molecule has 12 heteroatoms. The summed E-state index contributed by atoms with van der Waals surface area (Å²) in [7, 11) is 0. The van der Waals surface area contributed by atoms with Gasteiger partial charge in [0, 0.05) is 42.6 Å². The van der Waals surface area contributed by atoms with E-state index in [9.17, 15) is 19.2 Å². The predicted octanol–water partition coefficient (Wildman–Crippen LogP) is 8.38. The number of ketones is 2. The molecule has 3 aromatic heterocycles. The Morgan fingerprint density at radius 1 is 0.644 bits per heavy atom. The lowest BCUT2D eigenvalue weighted by Gasteiger charge is -2.26. The van der Waals surface area contributed by atoms with Crippen LogP contribution in [-0.4, -0.2) is 23.5 Å². The van der Waals surface area contributed by atoms with Gasteiger partial charge in [-0.25, -0.2) is 4.99 Å². The fourth-order valence-electron chi connectivity index (χ4n) is 7.64. The molecule has 0 spiro atoms. The number of carbonyl (C=O) groups excluding carboxylic acids is 4. The Labute approximate surface area is 345 Å². The highest BCUT2D eigenvalue weighted by Gasteiger charge is 2.61. The molecule has 0 N–H and O–H groups in total. The van der Waals surface area contributed by atoms with Crippen molar-refractivity contribution in [3.05, 3.63) is 197 Å². The van der Waals surface area contributed by atoms with Crippen molar-refractivity contribution in [1.82, 2.24) is 0 Å². The third-order valence-corrected chi connectivity index (χ3v) is 14.0. The van der Waals surface area contributed by atoms with E-state index in [1.54, 1.807) is 84.9 Å². The number of nitrogens with zero attached hydrogens (tertiary/aromatic N) is 1. The number of hydrogen-bond donors (Lipinski definition) is 0. The van der Waals surface area contributed by atoms with Crippen LogP contribution in [0.25, 0.3) is 36.0 Å². The van der Waals surface area contributed by atoms with Gasteiger partial charge in [0.2, 0.25) is 27.8 Å².